The van der Waals surface area contributed by atoms with Crippen LogP contribution in [0.1, 0.15) is 37.8 Å². The van der Waals surface area contributed by atoms with E-state index >= 15 is 0 Å². The molecule has 6 nitrogen and oxygen atoms in total. The first-order chi connectivity index (χ1) is 14.1. The lowest BCUT2D eigenvalue weighted by atomic mass is 10.1. The summed E-state index contributed by atoms with van der Waals surface area (Å²) in [5.41, 5.74) is 2.59. The van der Waals surface area contributed by atoms with Crippen molar-refractivity contribution in [1.29, 1.82) is 0 Å². The van der Waals surface area contributed by atoms with Crippen LogP contribution in [0, 0.1) is 5.92 Å². The summed E-state index contributed by atoms with van der Waals surface area (Å²) in [5.74, 6) is 1.75. The molecule has 1 aromatic carbocycles. The average Bonchev–Trinajstić information content (AvgIpc) is 3.53. The van der Waals surface area contributed by atoms with Crippen LogP contribution in [0.15, 0.2) is 29.3 Å². The second-order valence-electron chi connectivity index (χ2n) is 8.35. The van der Waals surface area contributed by atoms with Crippen molar-refractivity contribution in [2.24, 2.45) is 10.9 Å². The predicted octanol–water partition coefficient (Wildman–Crippen LogP) is 2.73. The highest BCUT2D eigenvalue weighted by Crippen LogP contribution is 2.28. The van der Waals surface area contributed by atoms with E-state index in [4.69, 9.17) is 14.5 Å². The molecule has 6 heteroatoms. The Morgan fingerprint density at radius 1 is 1.34 bits per heavy atom. The summed E-state index contributed by atoms with van der Waals surface area (Å²) in [7, 11) is 2.08. The van der Waals surface area contributed by atoms with Crippen molar-refractivity contribution >= 4 is 5.96 Å². The maximum atomic E-state index is 5.78. The highest BCUT2D eigenvalue weighted by atomic mass is 16.5. The molecular formula is C23H38N4O2. The zero-order chi connectivity index (χ0) is 20.5. The van der Waals surface area contributed by atoms with Crippen molar-refractivity contribution in [3.8, 4) is 0 Å². The summed E-state index contributed by atoms with van der Waals surface area (Å²) >= 11 is 0. The third-order valence-electron chi connectivity index (χ3n) is 5.45. The second kappa shape index (κ2) is 11.5. The highest BCUT2D eigenvalue weighted by molar-refractivity contribution is 5.79. The van der Waals surface area contributed by atoms with Gasteiger partial charge in [-0.2, -0.15) is 0 Å². The van der Waals surface area contributed by atoms with Crippen LogP contribution in [-0.4, -0.2) is 74.9 Å². The van der Waals surface area contributed by atoms with Crippen LogP contribution in [0.3, 0.4) is 0 Å². The quantitative estimate of drug-likeness (QED) is 0.370. The Hall–Kier alpha value is -1.63. The molecule has 1 aromatic rings. The van der Waals surface area contributed by atoms with Crippen molar-refractivity contribution in [2.45, 2.75) is 45.9 Å². The summed E-state index contributed by atoms with van der Waals surface area (Å²) < 4.78 is 11.4. The largest absolute Gasteiger partial charge is 0.379 e. The molecule has 1 unspecified atom stereocenters. The molecule has 2 aliphatic rings. The van der Waals surface area contributed by atoms with Gasteiger partial charge < -0.3 is 19.7 Å². The zero-order valence-corrected chi connectivity index (χ0v) is 18.4. The molecule has 3 rings (SSSR count). The van der Waals surface area contributed by atoms with Gasteiger partial charge in [0.2, 0.25) is 0 Å². The Morgan fingerprint density at radius 3 is 2.93 bits per heavy atom. The fraction of sp³-hybridized carbons (Fsp3) is 0.696. The molecule has 0 radical (unpaired) electrons. The van der Waals surface area contributed by atoms with Gasteiger partial charge in [-0.05, 0) is 43.7 Å². The Balaban J connectivity index is 1.50. The molecule has 0 spiro atoms. The van der Waals surface area contributed by atoms with Crippen LogP contribution in [0.5, 0.6) is 0 Å². The first-order valence-electron chi connectivity index (χ1n) is 11.1. The molecule has 1 N–H and O–H groups in total. The van der Waals surface area contributed by atoms with Crippen LogP contribution in [0.2, 0.25) is 0 Å². The molecule has 0 aromatic heterocycles. The fourth-order valence-corrected chi connectivity index (χ4v) is 3.60. The number of likely N-dealkylation sites (N-methyl/N-ethyl adjacent to an activating group) is 1. The van der Waals surface area contributed by atoms with E-state index in [1.807, 2.05) is 0 Å². The summed E-state index contributed by atoms with van der Waals surface area (Å²) in [6, 6.07) is 8.80. The lowest BCUT2D eigenvalue weighted by molar-refractivity contribution is -0.0212. The fourth-order valence-electron chi connectivity index (χ4n) is 3.60. The molecule has 29 heavy (non-hydrogen) atoms. The predicted molar refractivity (Wildman–Crippen MR) is 118 cm³/mol. The van der Waals surface area contributed by atoms with Gasteiger partial charge >= 0.3 is 0 Å². The molecular weight excluding hydrogens is 364 g/mol. The highest BCUT2D eigenvalue weighted by Gasteiger charge is 2.21. The summed E-state index contributed by atoms with van der Waals surface area (Å²) in [6.07, 6.45) is 3.00. The third kappa shape index (κ3) is 7.96. The first-order valence-corrected chi connectivity index (χ1v) is 11.1. The molecule has 1 saturated carbocycles. The Bertz CT molecular complexity index is 648. The first kappa shape index (κ1) is 22.1. The number of benzene rings is 1. The topological polar surface area (TPSA) is 49.3 Å². The van der Waals surface area contributed by atoms with E-state index in [0.717, 1.165) is 64.4 Å². The molecule has 1 aliphatic heterocycles. The summed E-state index contributed by atoms with van der Waals surface area (Å²) in [6.45, 7) is 12.1. The number of hydrogen-bond donors (Lipinski definition) is 1. The number of nitrogens with one attached hydrogen (secondary N) is 1. The standard InChI is InChI=1S/C23H38N4O2/c1-4-24-23(26(3)10-12-28-18-20-8-9-20)25-15-21-6-5-7-22(14-21)17-27-11-13-29-19(2)16-27/h5-7,14,19-20H,4,8-13,15-18H2,1-3H3,(H,24,25). The normalized spacial score (nSPS) is 20.7. The van der Waals surface area contributed by atoms with Crippen molar-refractivity contribution in [3.05, 3.63) is 35.4 Å². The Labute approximate surface area is 176 Å². The maximum absolute atomic E-state index is 5.78. The van der Waals surface area contributed by atoms with Gasteiger partial charge in [0.15, 0.2) is 5.96 Å². The minimum Gasteiger partial charge on any atom is -0.379 e. The molecule has 2 fully saturated rings. The molecule has 1 atom stereocenters. The minimum atomic E-state index is 0.322. The van der Waals surface area contributed by atoms with Gasteiger partial charge in [0.05, 0.1) is 25.9 Å². The monoisotopic (exact) mass is 402 g/mol. The maximum Gasteiger partial charge on any atom is 0.194 e. The van der Waals surface area contributed by atoms with E-state index in [1.165, 1.54) is 24.0 Å². The van der Waals surface area contributed by atoms with Crippen LogP contribution in [0.25, 0.3) is 0 Å². The SMILES string of the molecule is CCNC(=NCc1cccc(CN2CCOC(C)C2)c1)N(C)CCOCC1CC1. The Morgan fingerprint density at radius 2 is 2.17 bits per heavy atom. The zero-order valence-electron chi connectivity index (χ0n) is 18.4. The molecule has 1 aliphatic carbocycles. The number of hydrogen-bond acceptors (Lipinski definition) is 4. The van der Waals surface area contributed by atoms with E-state index in [0.29, 0.717) is 12.6 Å². The lowest BCUT2D eigenvalue weighted by Gasteiger charge is -2.31. The van der Waals surface area contributed by atoms with Crippen LogP contribution in [-0.2, 0) is 22.6 Å². The van der Waals surface area contributed by atoms with Gasteiger partial charge in [-0.25, -0.2) is 4.99 Å². The van der Waals surface area contributed by atoms with Crippen molar-refractivity contribution in [2.75, 3.05) is 53.0 Å². The minimum absolute atomic E-state index is 0.322. The molecule has 0 bridgehead atoms. The average molecular weight is 403 g/mol. The smallest absolute Gasteiger partial charge is 0.194 e. The van der Waals surface area contributed by atoms with E-state index < -0.39 is 0 Å². The van der Waals surface area contributed by atoms with Crippen LogP contribution in [0.4, 0.5) is 0 Å². The van der Waals surface area contributed by atoms with E-state index in [1.54, 1.807) is 0 Å². The number of nitrogens with zero attached hydrogens (tertiary/aromatic N) is 3. The van der Waals surface area contributed by atoms with Gasteiger partial charge in [0, 0.05) is 46.4 Å². The number of morpholine rings is 1. The number of rotatable bonds is 10. The molecule has 162 valence electrons. The summed E-state index contributed by atoms with van der Waals surface area (Å²) in [4.78, 5) is 9.48. The van der Waals surface area contributed by atoms with Crippen molar-refractivity contribution < 1.29 is 9.47 Å². The van der Waals surface area contributed by atoms with Gasteiger partial charge in [0.25, 0.3) is 0 Å². The third-order valence-corrected chi connectivity index (χ3v) is 5.45. The van der Waals surface area contributed by atoms with Crippen LogP contribution >= 0.6 is 0 Å². The van der Waals surface area contributed by atoms with E-state index in [-0.39, 0.29) is 0 Å². The van der Waals surface area contributed by atoms with E-state index in [2.05, 4.69) is 60.3 Å². The van der Waals surface area contributed by atoms with Gasteiger partial charge in [-0.3, -0.25) is 4.90 Å². The number of aliphatic imine (C=N–C) groups is 1. The molecule has 0 amide bonds. The number of guanidine groups is 1. The Kier molecular flexibility index (Phi) is 8.77. The van der Waals surface area contributed by atoms with Crippen LogP contribution < -0.4 is 5.32 Å². The lowest BCUT2D eigenvalue weighted by Crippen LogP contribution is -2.40. The van der Waals surface area contributed by atoms with Crippen molar-refractivity contribution in [3.63, 3.8) is 0 Å². The molecule has 1 heterocycles. The van der Waals surface area contributed by atoms with E-state index in [9.17, 15) is 0 Å². The van der Waals surface area contributed by atoms with Gasteiger partial charge in [-0.15, -0.1) is 0 Å². The number of ether oxygens (including phenoxy) is 2. The summed E-state index contributed by atoms with van der Waals surface area (Å²) in [5, 5.41) is 3.40. The molecule has 1 saturated heterocycles. The van der Waals surface area contributed by atoms with Crippen molar-refractivity contribution in [1.82, 2.24) is 15.1 Å². The van der Waals surface area contributed by atoms with Gasteiger partial charge in [0.1, 0.15) is 0 Å². The second-order valence-corrected chi connectivity index (χ2v) is 8.35. The van der Waals surface area contributed by atoms with Gasteiger partial charge in [-0.1, -0.05) is 24.3 Å².